The van der Waals surface area contributed by atoms with Crippen LogP contribution in [0.2, 0.25) is 15.1 Å². The van der Waals surface area contributed by atoms with Crippen LogP contribution in [0.5, 0.6) is 0 Å². The lowest BCUT2D eigenvalue weighted by molar-refractivity contribution is -0.139. The van der Waals surface area contributed by atoms with Crippen LogP contribution in [0.25, 0.3) is 0 Å². The zero-order valence-electron chi connectivity index (χ0n) is 20.2. The van der Waals surface area contributed by atoms with Gasteiger partial charge in [-0.2, -0.15) is 0 Å². The summed E-state index contributed by atoms with van der Waals surface area (Å²) >= 11 is 18.3. The van der Waals surface area contributed by atoms with E-state index in [1.807, 2.05) is 0 Å². The molecule has 7 nitrogen and oxygen atoms in total. The quantitative estimate of drug-likeness (QED) is 0.442. The van der Waals surface area contributed by atoms with Crippen LogP contribution in [0, 0.1) is 0 Å². The Morgan fingerprint density at radius 2 is 1.61 bits per heavy atom. The highest BCUT2D eigenvalue weighted by atomic mass is 35.5. The van der Waals surface area contributed by atoms with Crippen LogP contribution in [0.4, 0.5) is 5.69 Å². The van der Waals surface area contributed by atoms with Gasteiger partial charge in [-0.1, -0.05) is 66.2 Å². The number of anilines is 1. The minimum atomic E-state index is -3.91. The van der Waals surface area contributed by atoms with E-state index < -0.39 is 28.5 Å². The lowest BCUT2D eigenvalue weighted by Gasteiger charge is -2.33. The summed E-state index contributed by atoms with van der Waals surface area (Å²) in [4.78, 5) is 28.1. The molecule has 2 aromatic carbocycles. The number of sulfonamides is 1. The van der Waals surface area contributed by atoms with Gasteiger partial charge in [-0.25, -0.2) is 8.42 Å². The molecule has 1 saturated carbocycles. The van der Waals surface area contributed by atoms with E-state index >= 15 is 0 Å². The smallest absolute Gasteiger partial charge is 0.244 e. The summed E-state index contributed by atoms with van der Waals surface area (Å²) in [5, 5.41) is 4.00. The molecule has 0 saturated heterocycles. The Morgan fingerprint density at radius 3 is 2.22 bits per heavy atom. The first-order valence-electron chi connectivity index (χ1n) is 11.7. The number of halogens is 3. The highest BCUT2D eigenvalue weighted by Gasteiger charge is 2.31. The fraction of sp³-hybridized carbons (Fsp3) is 0.440. The third-order valence-electron chi connectivity index (χ3n) is 6.24. The highest BCUT2D eigenvalue weighted by Crippen LogP contribution is 2.31. The van der Waals surface area contributed by atoms with Crippen LogP contribution in [0.1, 0.15) is 44.6 Å². The van der Waals surface area contributed by atoms with Crippen molar-refractivity contribution in [2.24, 2.45) is 0 Å². The maximum atomic E-state index is 13.6. The van der Waals surface area contributed by atoms with Gasteiger partial charge in [0.1, 0.15) is 12.6 Å². The summed E-state index contributed by atoms with van der Waals surface area (Å²) in [6, 6.07) is 10.5. The first-order valence-corrected chi connectivity index (χ1v) is 14.7. The van der Waals surface area contributed by atoms with Crippen molar-refractivity contribution in [1.82, 2.24) is 10.2 Å². The molecule has 36 heavy (non-hydrogen) atoms. The van der Waals surface area contributed by atoms with E-state index in [0.29, 0.717) is 5.02 Å². The Hall–Kier alpha value is -2.00. The number of benzene rings is 2. The lowest BCUT2D eigenvalue weighted by Crippen LogP contribution is -2.53. The molecule has 11 heteroatoms. The second-order valence-electron chi connectivity index (χ2n) is 9.03. The van der Waals surface area contributed by atoms with Crippen molar-refractivity contribution in [3.8, 4) is 0 Å². The summed E-state index contributed by atoms with van der Waals surface area (Å²) in [5.74, 6) is -0.839. The molecule has 0 spiro atoms. The normalized spacial score (nSPS) is 15.2. The highest BCUT2D eigenvalue weighted by molar-refractivity contribution is 7.92. The maximum absolute atomic E-state index is 13.6. The number of amides is 2. The van der Waals surface area contributed by atoms with Crippen LogP contribution < -0.4 is 9.62 Å². The maximum Gasteiger partial charge on any atom is 0.244 e. The van der Waals surface area contributed by atoms with Gasteiger partial charge in [-0.15, -0.1) is 0 Å². The molecule has 1 atom stereocenters. The number of rotatable bonds is 9. The molecular weight excluding hydrogens is 545 g/mol. The van der Waals surface area contributed by atoms with E-state index in [1.54, 1.807) is 31.2 Å². The Balaban J connectivity index is 1.89. The van der Waals surface area contributed by atoms with Crippen LogP contribution in [0.3, 0.4) is 0 Å². The Labute approximate surface area is 227 Å². The van der Waals surface area contributed by atoms with Crippen LogP contribution in [-0.4, -0.2) is 50.0 Å². The number of carbonyl (C=O) groups is 2. The average Bonchev–Trinajstić information content (AvgIpc) is 2.83. The molecule has 0 aromatic heterocycles. The van der Waals surface area contributed by atoms with E-state index in [1.165, 1.54) is 23.1 Å². The molecule has 0 radical (unpaired) electrons. The first-order chi connectivity index (χ1) is 17.0. The molecule has 2 amide bonds. The summed E-state index contributed by atoms with van der Waals surface area (Å²) in [6.45, 7) is 1.19. The standard InChI is InChI=1S/C25H30Cl3N3O4S/c1-17(25(33)29-21-6-4-3-5-7-21)30(15-18-8-10-19(26)11-9-18)24(32)16-31(36(2,34)35)23-14-20(27)12-13-22(23)28/h8-14,17,21H,3-7,15-16H2,1-2H3,(H,29,33)/t17-/m0/s1. The van der Waals surface area contributed by atoms with Crippen molar-refractivity contribution in [2.75, 3.05) is 17.1 Å². The molecule has 196 valence electrons. The van der Waals surface area contributed by atoms with Crippen molar-refractivity contribution in [3.63, 3.8) is 0 Å². The molecule has 3 rings (SSSR count). The summed E-state index contributed by atoms with van der Waals surface area (Å²) < 4.78 is 26.3. The first kappa shape index (κ1) is 28.6. The fourth-order valence-corrected chi connectivity index (χ4v) is 5.62. The van der Waals surface area contributed by atoms with Gasteiger partial charge in [0.25, 0.3) is 0 Å². The van der Waals surface area contributed by atoms with Gasteiger partial charge in [0.05, 0.1) is 17.0 Å². The Morgan fingerprint density at radius 1 is 1.00 bits per heavy atom. The minimum Gasteiger partial charge on any atom is -0.352 e. The second kappa shape index (κ2) is 12.5. The molecule has 1 fully saturated rings. The summed E-state index contributed by atoms with van der Waals surface area (Å²) in [7, 11) is -3.91. The monoisotopic (exact) mass is 573 g/mol. The number of hydrogen-bond donors (Lipinski definition) is 1. The minimum absolute atomic E-state index is 0.0685. The zero-order valence-corrected chi connectivity index (χ0v) is 23.3. The van der Waals surface area contributed by atoms with Gasteiger partial charge in [-0.3, -0.25) is 13.9 Å². The van der Waals surface area contributed by atoms with Crippen molar-refractivity contribution in [1.29, 1.82) is 0 Å². The molecule has 2 aromatic rings. The van der Waals surface area contributed by atoms with E-state index in [4.69, 9.17) is 34.8 Å². The van der Waals surface area contributed by atoms with E-state index in [9.17, 15) is 18.0 Å². The van der Waals surface area contributed by atoms with Gasteiger partial charge >= 0.3 is 0 Å². The average molecular weight is 575 g/mol. The number of nitrogens with one attached hydrogen (secondary N) is 1. The van der Waals surface area contributed by atoms with Crippen LogP contribution >= 0.6 is 34.8 Å². The summed E-state index contributed by atoms with van der Waals surface area (Å²) in [6.07, 6.45) is 6.04. The molecule has 0 heterocycles. The molecule has 1 N–H and O–H groups in total. The van der Waals surface area contributed by atoms with Gasteiger partial charge in [0, 0.05) is 22.6 Å². The number of hydrogen-bond acceptors (Lipinski definition) is 4. The van der Waals surface area contributed by atoms with Crippen LogP contribution in [0.15, 0.2) is 42.5 Å². The predicted octanol–water partition coefficient (Wildman–Crippen LogP) is 5.28. The van der Waals surface area contributed by atoms with E-state index in [0.717, 1.165) is 48.2 Å². The van der Waals surface area contributed by atoms with Crippen molar-refractivity contribution < 1.29 is 18.0 Å². The van der Waals surface area contributed by atoms with Crippen molar-refractivity contribution >= 4 is 62.3 Å². The van der Waals surface area contributed by atoms with Gasteiger partial charge < -0.3 is 10.2 Å². The Kier molecular flexibility index (Phi) is 9.92. The molecule has 0 bridgehead atoms. The number of carbonyl (C=O) groups excluding carboxylic acids is 2. The molecule has 0 unspecified atom stereocenters. The second-order valence-corrected chi connectivity index (χ2v) is 12.2. The van der Waals surface area contributed by atoms with Gasteiger partial charge in [-0.05, 0) is 55.7 Å². The predicted molar refractivity (Wildman–Crippen MR) is 145 cm³/mol. The molecular formula is C25H30Cl3N3O4S. The fourth-order valence-electron chi connectivity index (χ4n) is 4.21. The molecule has 0 aliphatic heterocycles. The number of nitrogens with zero attached hydrogens (tertiary/aromatic N) is 2. The SMILES string of the molecule is C[C@@H](C(=O)NC1CCCCC1)N(Cc1ccc(Cl)cc1)C(=O)CN(c1cc(Cl)ccc1Cl)S(C)(=O)=O. The topological polar surface area (TPSA) is 86.8 Å². The van der Waals surface area contributed by atoms with Crippen molar-refractivity contribution in [2.45, 2.75) is 57.7 Å². The largest absolute Gasteiger partial charge is 0.352 e. The third-order valence-corrected chi connectivity index (χ3v) is 8.17. The van der Waals surface area contributed by atoms with E-state index in [2.05, 4.69) is 5.32 Å². The van der Waals surface area contributed by atoms with Gasteiger partial charge in [0.15, 0.2) is 0 Å². The van der Waals surface area contributed by atoms with Crippen LogP contribution in [-0.2, 0) is 26.2 Å². The molecule has 1 aliphatic carbocycles. The van der Waals surface area contributed by atoms with E-state index in [-0.39, 0.29) is 34.2 Å². The molecule has 1 aliphatic rings. The van der Waals surface area contributed by atoms with Crippen molar-refractivity contribution in [3.05, 3.63) is 63.1 Å². The Bertz CT molecular complexity index is 1190. The third kappa shape index (κ3) is 7.75. The lowest BCUT2D eigenvalue weighted by atomic mass is 9.95. The zero-order chi connectivity index (χ0) is 26.5. The van der Waals surface area contributed by atoms with Gasteiger partial charge in [0.2, 0.25) is 21.8 Å². The summed E-state index contributed by atoms with van der Waals surface area (Å²) in [5.41, 5.74) is 0.836.